The minimum absolute atomic E-state index is 0.0609. The fraction of sp³-hybridized carbons (Fsp3) is 0. The van der Waals surface area contributed by atoms with Gasteiger partial charge in [0.15, 0.2) is 0 Å². The van der Waals surface area contributed by atoms with Crippen molar-refractivity contribution in [1.29, 1.82) is 0 Å². The molecule has 0 bridgehead atoms. The highest BCUT2D eigenvalue weighted by Gasteiger charge is 2.19. The highest BCUT2D eigenvalue weighted by Crippen LogP contribution is 2.47. The topological polar surface area (TPSA) is 13.1 Å². The average molecular weight is 558 g/mol. The Bertz CT molecular complexity index is 3040. The fourth-order valence-electron chi connectivity index (χ4n) is 6.29. The van der Waals surface area contributed by atoms with Gasteiger partial charge in [-0.3, -0.25) is 0 Å². The quantitative estimate of drug-likeness (QED) is 0.197. The molecule has 0 spiro atoms. The van der Waals surface area contributed by atoms with Crippen molar-refractivity contribution < 1.29 is 19.5 Å². The van der Waals surface area contributed by atoms with Crippen LogP contribution in [0.1, 0.15) is 15.1 Å². The van der Waals surface area contributed by atoms with Crippen molar-refractivity contribution in [2.24, 2.45) is 0 Å². The number of furan rings is 1. The molecule has 9 aromatic rings. The van der Waals surface area contributed by atoms with Gasteiger partial charge in [0.05, 0.1) is 15.1 Å². The van der Waals surface area contributed by atoms with Crippen LogP contribution in [0.3, 0.4) is 0 Å². The number of benzene rings is 8. The number of fused-ring (bicyclic) bond motifs is 7. The Hall–Kier alpha value is -5.66. The summed E-state index contributed by atoms with van der Waals surface area (Å²) in [5, 5.41) is 4.29. The lowest BCUT2D eigenvalue weighted by Gasteiger charge is -2.19. The van der Waals surface area contributed by atoms with Crippen molar-refractivity contribution >= 4 is 54.3 Å². The molecule has 0 aliphatic heterocycles. The molecule has 0 atom stereocenters. The lowest BCUT2D eigenvalue weighted by atomic mass is 9.83. The van der Waals surface area contributed by atoms with E-state index in [1.165, 1.54) is 0 Å². The predicted molar refractivity (Wildman–Crippen MR) is 183 cm³/mol. The van der Waals surface area contributed by atoms with Gasteiger partial charge in [-0.15, -0.1) is 0 Å². The molecule has 200 valence electrons. The van der Waals surface area contributed by atoms with E-state index < -0.39 is 36.3 Å². The highest BCUT2D eigenvalue weighted by molar-refractivity contribution is 6.23. The zero-order chi connectivity index (χ0) is 37.9. The number of hydrogen-bond donors (Lipinski definition) is 0. The van der Waals surface area contributed by atoms with Crippen molar-refractivity contribution in [3.05, 3.63) is 157 Å². The Kier molecular flexibility index (Phi) is 3.41. The van der Waals surface area contributed by atoms with Gasteiger partial charge < -0.3 is 4.42 Å². The molecule has 43 heavy (non-hydrogen) atoms. The third kappa shape index (κ3) is 3.65. The van der Waals surface area contributed by atoms with Crippen LogP contribution in [0.15, 0.2) is 162 Å². The van der Waals surface area contributed by atoms with Crippen molar-refractivity contribution in [2.75, 3.05) is 0 Å². The maximum atomic E-state index is 9.02. The van der Waals surface area contributed by atoms with E-state index in [0.29, 0.717) is 22.1 Å². The summed E-state index contributed by atoms with van der Waals surface area (Å²) in [5.41, 5.74) is 4.33. The SMILES string of the molecule is [2H]c1c([2H])c([2H])c(-c2ccccc2-c2c3ccccc3c(-c3ccc4oc5c6c([2H])c([2H])c([2H])c([2H])c6c([2H])c([2H])c5c4c3)c3ccccc23)c([2H])c1[2H]. The van der Waals surface area contributed by atoms with Crippen LogP contribution >= 0.6 is 0 Å². The smallest absolute Gasteiger partial charge is 0.143 e. The van der Waals surface area contributed by atoms with E-state index in [-0.39, 0.29) is 57.5 Å². The molecule has 8 aromatic carbocycles. The molecule has 1 heterocycles. The molecular formula is C42H26O. The zero-order valence-corrected chi connectivity index (χ0v) is 22.6. The normalized spacial score (nSPS) is 15.3. The first-order valence-electron chi connectivity index (χ1n) is 19.4. The molecule has 1 nitrogen and oxygen atoms in total. The third-order valence-corrected chi connectivity index (χ3v) is 8.10. The first kappa shape index (κ1) is 15.5. The Morgan fingerprint density at radius 2 is 1.05 bits per heavy atom. The van der Waals surface area contributed by atoms with Crippen molar-refractivity contribution in [3.63, 3.8) is 0 Å². The second-order valence-electron chi connectivity index (χ2n) is 10.4. The summed E-state index contributed by atoms with van der Waals surface area (Å²) in [6.45, 7) is 0. The van der Waals surface area contributed by atoms with E-state index in [1.807, 2.05) is 72.8 Å². The van der Waals surface area contributed by atoms with E-state index >= 15 is 0 Å². The van der Waals surface area contributed by atoms with Crippen LogP contribution < -0.4 is 0 Å². The summed E-state index contributed by atoms with van der Waals surface area (Å²) in [7, 11) is 0. The van der Waals surface area contributed by atoms with Gasteiger partial charge in [0.25, 0.3) is 0 Å². The van der Waals surface area contributed by atoms with E-state index in [0.717, 1.165) is 38.2 Å². The van der Waals surface area contributed by atoms with Crippen LogP contribution in [0.25, 0.3) is 87.6 Å². The summed E-state index contributed by atoms with van der Waals surface area (Å²) in [6, 6.07) is 24.7. The Morgan fingerprint density at radius 1 is 0.419 bits per heavy atom. The predicted octanol–water partition coefficient (Wildman–Crippen LogP) is 12.0. The molecule has 0 unspecified atom stereocenters. The molecule has 0 fully saturated rings. The van der Waals surface area contributed by atoms with Gasteiger partial charge in [-0.1, -0.05) is 139 Å². The molecule has 0 saturated heterocycles. The lowest BCUT2D eigenvalue weighted by molar-refractivity contribution is 0.672. The maximum absolute atomic E-state index is 9.02. The van der Waals surface area contributed by atoms with Crippen LogP contribution in [-0.2, 0) is 0 Å². The minimum Gasteiger partial charge on any atom is -0.455 e. The summed E-state index contributed by atoms with van der Waals surface area (Å²) in [6.07, 6.45) is 0. The van der Waals surface area contributed by atoms with Gasteiger partial charge in [0.2, 0.25) is 0 Å². The molecule has 9 rings (SSSR count). The fourth-order valence-corrected chi connectivity index (χ4v) is 6.29. The van der Waals surface area contributed by atoms with E-state index in [2.05, 4.69) is 0 Å². The molecular weight excluding hydrogens is 520 g/mol. The molecule has 0 aliphatic rings. The Balaban J connectivity index is 1.37. The molecule has 0 aliphatic carbocycles. The van der Waals surface area contributed by atoms with E-state index in [4.69, 9.17) is 19.5 Å². The van der Waals surface area contributed by atoms with Gasteiger partial charge in [-0.2, -0.15) is 0 Å². The van der Waals surface area contributed by atoms with Gasteiger partial charge in [-0.25, -0.2) is 0 Å². The molecule has 0 radical (unpaired) electrons. The van der Waals surface area contributed by atoms with Crippen molar-refractivity contribution in [1.82, 2.24) is 0 Å². The van der Waals surface area contributed by atoms with Gasteiger partial charge >= 0.3 is 0 Å². The first-order valence-corrected chi connectivity index (χ1v) is 13.9. The Labute approximate surface area is 264 Å². The average Bonchev–Trinajstić information content (AvgIpc) is 3.57. The van der Waals surface area contributed by atoms with Gasteiger partial charge in [0, 0.05) is 16.2 Å². The second kappa shape index (κ2) is 9.44. The largest absolute Gasteiger partial charge is 0.455 e. The van der Waals surface area contributed by atoms with Crippen molar-refractivity contribution in [3.8, 4) is 33.4 Å². The second-order valence-corrected chi connectivity index (χ2v) is 10.4. The van der Waals surface area contributed by atoms with Crippen LogP contribution in [0.5, 0.6) is 0 Å². The Morgan fingerprint density at radius 3 is 1.79 bits per heavy atom. The molecule has 0 N–H and O–H groups in total. The van der Waals surface area contributed by atoms with Crippen LogP contribution in [0, 0.1) is 0 Å². The van der Waals surface area contributed by atoms with Crippen LogP contribution in [0.2, 0.25) is 0 Å². The summed E-state index contributed by atoms with van der Waals surface area (Å²) < 4.78 is 100. The molecule has 1 aromatic heterocycles. The number of hydrogen-bond acceptors (Lipinski definition) is 1. The number of rotatable bonds is 3. The van der Waals surface area contributed by atoms with E-state index in [1.54, 1.807) is 18.2 Å². The zero-order valence-electron chi connectivity index (χ0n) is 33.6. The standard InChI is InChI=1S/C42H26O/c1-2-12-27(13-3-1)30-15-6-7-17-32(30)41-35-20-10-8-18-33(35)40(34-19-9-11-21-36(34)41)29-23-25-39-38(26-29)37-24-22-28-14-4-5-16-31(28)42(37)43-39/h1-26H/i1D,2D,3D,4D,5D,12D,13D,14D,16D,22D,24D. The minimum atomic E-state index is -0.476. The molecule has 0 saturated carbocycles. The molecule has 1 heteroatoms. The lowest BCUT2D eigenvalue weighted by Crippen LogP contribution is -1.92. The van der Waals surface area contributed by atoms with Gasteiger partial charge in [-0.05, 0) is 78.5 Å². The van der Waals surface area contributed by atoms with Crippen molar-refractivity contribution in [2.45, 2.75) is 0 Å². The third-order valence-electron chi connectivity index (χ3n) is 8.10. The summed E-state index contributed by atoms with van der Waals surface area (Å²) in [4.78, 5) is 0. The maximum Gasteiger partial charge on any atom is 0.143 e. The summed E-state index contributed by atoms with van der Waals surface area (Å²) in [5.74, 6) is 0. The van der Waals surface area contributed by atoms with E-state index in [9.17, 15) is 0 Å². The van der Waals surface area contributed by atoms with Crippen LogP contribution in [-0.4, -0.2) is 0 Å². The highest BCUT2D eigenvalue weighted by atomic mass is 16.3. The molecule has 0 amide bonds. The van der Waals surface area contributed by atoms with Crippen LogP contribution in [0.4, 0.5) is 0 Å². The summed E-state index contributed by atoms with van der Waals surface area (Å²) >= 11 is 0. The first-order chi connectivity index (χ1) is 25.9. The monoisotopic (exact) mass is 557 g/mol. The van der Waals surface area contributed by atoms with Gasteiger partial charge in [0.1, 0.15) is 11.2 Å².